The third kappa shape index (κ3) is 5.03. The highest BCUT2D eigenvalue weighted by atomic mass is 16.5. The van der Waals surface area contributed by atoms with Crippen LogP contribution in [0.25, 0.3) is 6.08 Å². The molecule has 1 fully saturated rings. The van der Waals surface area contributed by atoms with Gasteiger partial charge in [-0.25, -0.2) is 10.2 Å². The molecule has 1 heterocycles. The van der Waals surface area contributed by atoms with Gasteiger partial charge >= 0.3 is 5.97 Å². The predicted molar refractivity (Wildman–Crippen MR) is 137 cm³/mol. The number of nitrogens with zero attached hydrogens (tertiary/aromatic N) is 1. The first-order valence-electron chi connectivity index (χ1n) is 11.6. The van der Waals surface area contributed by atoms with Crippen molar-refractivity contribution in [3.8, 4) is 5.75 Å². The van der Waals surface area contributed by atoms with E-state index in [1.807, 2.05) is 36.4 Å². The maximum absolute atomic E-state index is 13.0. The van der Waals surface area contributed by atoms with Gasteiger partial charge in [0.1, 0.15) is 11.5 Å². The molecule has 6 heteroatoms. The summed E-state index contributed by atoms with van der Waals surface area (Å²) < 4.78 is 10.5. The second-order valence-corrected chi connectivity index (χ2v) is 8.54. The van der Waals surface area contributed by atoms with Crippen LogP contribution in [0.2, 0.25) is 0 Å². The third-order valence-corrected chi connectivity index (χ3v) is 6.25. The molecule has 178 valence electrons. The molecule has 5 rings (SSSR count). The molecule has 3 aromatic carbocycles. The lowest BCUT2D eigenvalue weighted by atomic mass is 9.85. The summed E-state index contributed by atoms with van der Waals surface area (Å²) in [6.07, 6.45) is 6.61. The van der Waals surface area contributed by atoms with E-state index in [-0.39, 0.29) is 17.2 Å². The number of ether oxygens (including phenoxy) is 1. The Kier molecular flexibility index (Phi) is 6.58. The third-order valence-electron chi connectivity index (χ3n) is 6.25. The molecular weight excluding hydrogens is 452 g/mol. The van der Waals surface area contributed by atoms with E-state index in [0.29, 0.717) is 17.1 Å². The second-order valence-electron chi connectivity index (χ2n) is 8.54. The predicted octanol–water partition coefficient (Wildman–Crippen LogP) is 5.35. The van der Waals surface area contributed by atoms with Crippen molar-refractivity contribution in [2.75, 3.05) is 0 Å². The Bertz CT molecular complexity index is 1350. The molecule has 0 unspecified atom stereocenters. The van der Waals surface area contributed by atoms with Crippen LogP contribution in [-0.4, -0.2) is 18.1 Å². The molecule has 0 spiro atoms. The van der Waals surface area contributed by atoms with E-state index in [9.17, 15) is 9.59 Å². The van der Waals surface area contributed by atoms with E-state index >= 15 is 0 Å². The van der Waals surface area contributed by atoms with Crippen molar-refractivity contribution in [2.24, 2.45) is 11.0 Å². The fourth-order valence-electron chi connectivity index (χ4n) is 4.45. The van der Waals surface area contributed by atoms with Crippen LogP contribution < -0.4 is 10.2 Å². The molecule has 1 atom stereocenters. The lowest BCUT2D eigenvalue weighted by Crippen LogP contribution is -2.25. The van der Waals surface area contributed by atoms with Gasteiger partial charge in [-0.3, -0.25) is 4.79 Å². The zero-order valence-electron chi connectivity index (χ0n) is 19.4. The van der Waals surface area contributed by atoms with Crippen molar-refractivity contribution in [1.82, 2.24) is 5.43 Å². The van der Waals surface area contributed by atoms with E-state index in [4.69, 9.17) is 9.15 Å². The first-order valence-corrected chi connectivity index (χ1v) is 11.6. The van der Waals surface area contributed by atoms with Crippen LogP contribution in [0.1, 0.15) is 28.9 Å². The molecule has 36 heavy (non-hydrogen) atoms. The Labute approximate surface area is 208 Å². The molecule has 0 aliphatic heterocycles. The SMILES string of the molecule is O=C(/C=C/c1ccco1)Oc1cccc(/C=N\NC(=O)[C@H]2CC2(c2ccccc2)c2ccccc2)c1. The highest BCUT2D eigenvalue weighted by Gasteiger charge is 2.60. The van der Waals surface area contributed by atoms with Crippen LogP contribution in [0.15, 0.2) is 119 Å². The van der Waals surface area contributed by atoms with Crippen LogP contribution in [0.5, 0.6) is 5.75 Å². The summed E-state index contributed by atoms with van der Waals surface area (Å²) >= 11 is 0. The van der Waals surface area contributed by atoms with Gasteiger partial charge in [0.15, 0.2) is 0 Å². The highest BCUT2D eigenvalue weighted by Crippen LogP contribution is 2.58. The van der Waals surface area contributed by atoms with Crippen molar-refractivity contribution in [1.29, 1.82) is 0 Å². The molecule has 1 aliphatic carbocycles. The van der Waals surface area contributed by atoms with E-state index in [1.54, 1.807) is 36.4 Å². The van der Waals surface area contributed by atoms with E-state index in [1.165, 1.54) is 24.6 Å². The molecule has 1 saturated carbocycles. The minimum absolute atomic E-state index is 0.135. The number of benzene rings is 3. The van der Waals surface area contributed by atoms with Gasteiger partial charge in [-0.05, 0) is 53.5 Å². The quantitative estimate of drug-likeness (QED) is 0.122. The van der Waals surface area contributed by atoms with Gasteiger partial charge in [0, 0.05) is 11.5 Å². The molecule has 0 radical (unpaired) electrons. The number of nitrogens with one attached hydrogen (secondary N) is 1. The number of carbonyl (C=O) groups is 2. The van der Waals surface area contributed by atoms with Crippen LogP contribution in [0, 0.1) is 5.92 Å². The lowest BCUT2D eigenvalue weighted by Gasteiger charge is -2.18. The number of esters is 1. The first-order chi connectivity index (χ1) is 17.6. The summed E-state index contributed by atoms with van der Waals surface area (Å²) in [4.78, 5) is 25.1. The molecule has 6 nitrogen and oxygen atoms in total. The summed E-state index contributed by atoms with van der Waals surface area (Å²) in [6, 6.07) is 30.6. The molecule has 1 aliphatic rings. The fraction of sp³-hybridized carbons (Fsp3) is 0.100. The molecule has 1 N–H and O–H groups in total. The van der Waals surface area contributed by atoms with Crippen LogP contribution >= 0.6 is 0 Å². The second kappa shape index (κ2) is 10.3. The molecule has 0 saturated heterocycles. The Morgan fingerprint density at radius 1 is 0.917 bits per heavy atom. The minimum atomic E-state index is -0.527. The average Bonchev–Trinajstić information content (AvgIpc) is 3.47. The largest absolute Gasteiger partial charge is 0.465 e. The highest BCUT2D eigenvalue weighted by molar-refractivity contribution is 5.89. The Hall–Kier alpha value is -4.71. The smallest absolute Gasteiger partial charge is 0.336 e. The molecular formula is C30H24N2O4. The van der Waals surface area contributed by atoms with Gasteiger partial charge in [-0.1, -0.05) is 72.8 Å². The van der Waals surface area contributed by atoms with Gasteiger partial charge in [-0.15, -0.1) is 0 Å². The number of rotatable bonds is 8. The van der Waals surface area contributed by atoms with E-state index in [0.717, 1.165) is 17.5 Å². The molecule has 0 bridgehead atoms. The number of amides is 1. The molecule has 4 aromatic rings. The van der Waals surface area contributed by atoms with Gasteiger partial charge in [-0.2, -0.15) is 5.10 Å². The summed E-state index contributed by atoms with van der Waals surface area (Å²) in [5.41, 5.74) is 5.26. The number of hydrogen-bond donors (Lipinski definition) is 1. The van der Waals surface area contributed by atoms with Crippen LogP contribution in [-0.2, 0) is 15.0 Å². The zero-order chi connectivity index (χ0) is 24.8. The van der Waals surface area contributed by atoms with Crippen LogP contribution in [0.4, 0.5) is 0 Å². The number of furan rings is 1. The van der Waals surface area contributed by atoms with Gasteiger partial charge in [0.25, 0.3) is 0 Å². The Morgan fingerprint density at radius 3 is 2.31 bits per heavy atom. The summed E-state index contributed by atoms with van der Waals surface area (Å²) in [7, 11) is 0. The van der Waals surface area contributed by atoms with Crippen molar-refractivity contribution in [3.63, 3.8) is 0 Å². The maximum atomic E-state index is 13.0. The standard InChI is InChI=1S/C30H24N2O4/c33-28(17-16-25-15-8-18-35-25)36-26-14-7-9-22(19-26)21-31-32-29(34)27-20-30(27,23-10-3-1-4-11-23)24-12-5-2-6-13-24/h1-19,21,27H,20H2,(H,32,34)/b17-16+,31-21-/t27-/m1/s1. The van der Waals surface area contributed by atoms with Gasteiger partial charge in [0.05, 0.1) is 18.4 Å². The van der Waals surface area contributed by atoms with E-state index < -0.39 is 5.97 Å². The van der Waals surface area contributed by atoms with E-state index in [2.05, 4.69) is 34.8 Å². The zero-order valence-corrected chi connectivity index (χ0v) is 19.4. The van der Waals surface area contributed by atoms with Crippen molar-refractivity contribution < 1.29 is 18.7 Å². The average molecular weight is 477 g/mol. The monoisotopic (exact) mass is 476 g/mol. The number of hydrogen-bond acceptors (Lipinski definition) is 5. The molecule has 1 amide bonds. The van der Waals surface area contributed by atoms with Crippen molar-refractivity contribution in [2.45, 2.75) is 11.8 Å². The topological polar surface area (TPSA) is 80.9 Å². The lowest BCUT2D eigenvalue weighted by molar-refractivity contribution is -0.129. The van der Waals surface area contributed by atoms with Gasteiger partial charge in [0.2, 0.25) is 5.91 Å². The summed E-state index contributed by atoms with van der Waals surface area (Å²) in [5, 5.41) is 4.15. The summed E-state index contributed by atoms with van der Waals surface area (Å²) in [5.74, 6) is 0.0505. The van der Waals surface area contributed by atoms with Crippen LogP contribution in [0.3, 0.4) is 0 Å². The Balaban J connectivity index is 1.23. The number of hydrazone groups is 1. The van der Waals surface area contributed by atoms with Crippen molar-refractivity contribution in [3.05, 3.63) is 132 Å². The number of carbonyl (C=O) groups excluding carboxylic acids is 2. The Morgan fingerprint density at radius 2 is 1.64 bits per heavy atom. The molecule has 1 aromatic heterocycles. The van der Waals surface area contributed by atoms with Crippen molar-refractivity contribution >= 4 is 24.2 Å². The normalized spacial score (nSPS) is 16.2. The summed E-state index contributed by atoms with van der Waals surface area (Å²) in [6.45, 7) is 0. The minimum Gasteiger partial charge on any atom is -0.465 e. The fourth-order valence-corrected chi connectivity index (χ4v) is 4.45. The first kappa shape index (κ1) is 23.1. The van der Waals surface area contributed by atoms with Gasteiger partial charge < -0.3 is 9.15 Å². The maximum Gasteiger partial charge on any atom is 0.336 e.